The normalized spacial score (nSPS) is 24.8. The first-order valence-electron chi connectivity index (χ1n) is 10.3. The van der Waals surface area contributed by atoms with E-state index in [9.17, 15) is 5.11 Å². The Labute approximate surface area is 186 Å². The number of anilines is 1. The molecular formula is C22H35IN4O. The molecule has 1 heterocycles. The van der Waals surface area contributed by atoms with Gasteiger partial charge in [-0.3, -0.25) is 0 Å². The second kappa shape index (κ2) is 11.0. The number of aliphatic hydroxyl groups excluding tert-OH is 1. The van der Waals surface area contributed by atoms with Crippen molar-refractivity contribution >= 4 is 35.6 Å². The molecule has 1 aliphatic heterocycles. The highest BCUT2D eigenvalue weighted by atomic mass is 127. The highest BCUT2D eigenvalue weighted by Gasteiger charge is 2.35. The highest BCUT2D eigenvalue weighted by molar-refractivity contribution is 14.0. The van der Waals surface area contributed by atoms with Gasteiger partial charge in [0.15, 0.2) is 5.96 Å². The largest absolute Gasteiger partial charge is 0.392 e. The molecule has 2 unspecified atom stereocenters. The molecule has 3 rings (SSSR count). The predicted molar refractivity (Wildman–Crippen MR) is 129 cm³/mol. The molecule has 0 spiro atoms. The summed E-state index contributed by atoms with van der Waals surface area (Å²) in [6.45, 7) is 8.44. The fourth-order valence-electron chi connectivity index (χ4n) is 3.93. The lowest BCUT2D eigenvalue weighted by atomic mass is 9.73. The third-order valence-electron chi connectivity index (χ3n) is 5.80. The van der Waals surface area contributed by atoms with Crippen LogP contribution in [0.5, 0.6) is 0 Å². The Morgan fingerprint density at radius 2 is 2.04 bits per heavy atom. The summed E-state index contributed by atoms with van der Waals surface area (Å²) in [6.07, 6.45) is 8.48. The number of nitrogens with zero attached hydrogens (tertiary/aromatic N) is 2. The maximum Gasteiger partial charge on any atom is 0.191 e. The van der Waals surface area contributed by atoms with E-state index < -0.39 is 0 Å². The third-order valence-corrected chi connectivity index (χ3v) is 5.80. The minimum Gasteiger partial charge on any atom is -0.392 e. The van der Waals surface area contributed by atoms with Gasteiger partial charge in [-0.2, -0.15) is 0 Å². The van der Waals surface area contributed by atoms with Crippen molar-refractivity contribution in [3.63, 3.8) is 0 Å². The van der Waals surface area contributed by atoms with Crippen molar-refractivity contribution in [3.8, 4) is 0 Å². The standard InChI is InChI=1S/C22H34N4O.HI/c1-3-23-21(25-17-22(2)12-5-4-11-20(22)27)24-16-18-9-8-10-19(15-18)26-13-6-7-14-26;/h6-10,15,20,27H,3-5,11-14,16-17H2,1-2H3,(H2,23,24,25);1H. The van der Waals surface area contributed by atoms with Crippen molar-refractivity contribution in [2.75, 3.05) is 31.1 Å². The molecule has 1 aromatic rings. The quantitative estimate of drug-likeness (QED) is 0.243. The molecule has 1 saturated carbocycles. The van der Waals surface area contributed by atoms with Crippen LogP contribution in [-0.2, 0) is 6.54 Å². The number of guanidine groups is 1. The number of aliphatic hydroxyl groups is 1. The molecule has 6 heteroatoms. The predicted octanol–water partition coefficient (Wildman–Crippen LogP) is 3.68. The van der Waals surface area contributed by atoms with Crippen LogP contribution >= 0.6 is 24.0 Å². The lowest BCUT2D eigenvalue weighted by Gasteiger charge is -2.38. The smallest absolute Gasteiger partial charge is 0.191 e. The van der Waals surface area contributed by atoms with E-state index in [0.717, 1.165) is 51.4 Å². The molecule has 1 aliphatic carbocycles. The molecule has 28 heavy (non-hydrogen) atoms. The average molecular weight is 498 g/mol. The van der Waals surface area contributed by atoms with Gasteiger partial charge in [0.25, 0.3) is 0 Å². The monoisotopic (exact) mass is 498 g/mol. The van der Waals surface area contributed by atoms with E-state index >= 15 is 0 Å². The molecule has 2 atom stereocenters. The number of rotatable bonds is 6. The lowest BCUT2D eigenvalue weighted by molar-refractivity contribution is 0.00397. The summed E-state index contributed by atoms with van der Waals surface area (Å²) in [7, 11) is 0. The first-order valence-corrected chi connectivity index (χ1v) is 10.3. The van der Waals surface area contributed by atoms with Gasteiger partial charge in [0, 0.05) is 37.3 Å². The molecule has 2 aliphatic rings. The summed E-state index contributed by atoms with van der Waals surface area (Å²) in [5.74, 6) is 0.824. The number of nitrogens with one attached hydrogen (secondary N) is 2. The van der Waals surface area contributed by atoms with E-state index in [-0.39, 0.29) is 35.5 Å². The Bertz CT molecular complexity index is 670. The Hall–Kier alpha value is -1.28. The SMILES string of the molecule is CCNC(=NCc1cccc(N2CC=CC2)c1)NCC1(C)CCCCC1O.I. The van der Waals surface area contributed by atoms with Crippen LogP contribution in [0.3, 0.4) is 0 Å². The van der Waals surface area contributed by atoms with Gasteiger partial charge in [-0.15, -0.1) is 24.0 Å². The van der Waals surface area contributed by atoms with Gasteiger partial charge in [0.2, 0.25) is 0 Å². The molecule has 0 amide bonds. The van der Waals surface area contributed by atoms with Crippen LogP contribution in [0.1, 0.15) is 45.1 Å². The zero-order valence-electron chi connectivity index (χ0n) is 17.2. The molecule has 0 aromatic heterocycles. The van der Waals surface area contributed by atoms with Crippen LogP contribution in [0.25, 0.3) is 0 Å². The van der Waals surface area contributed by atoms with E-state index in [1.807, 2.05) is 0 Å². The topological polar surface area (TPSA) is 59.9 Å². The summed E-state index contributed by atoms with van der Waals surface area (Å²) in [5, 5.41) is 17.2. The van der Waals surface area contributed by atoms with Crippen molar-refractivity contribution < 1.29 is 5.11 Å². The fraction of sp³-hybridized carbons (Fsp3) is 0.591. The molecule has 1 fully saturated rings. The number of hydrogen-bond donors (Lipinski definition) is 3. The van der Waals surface area contributed by atoms with Crippen LogP contribution in [0.15, 0.2) is 41.4 Å². The Morgan fingerprint density at radius 3 is 2.75 bits per heavy atom. The summed E-state index contributed by atoms with van der Waals surface area (Å²) in [4.78, 5) is 7.12. The van der Waals surface area contributed by atoms with Crippen molar-refractivity contribution in [2.24, 2.45) is 10.4 Å². The average Bonchev–Trinajstić information content (AvgIpc) is 3.22. The number of aliphatic imine (C=N–C) groups is 1. The van der Waals surface area contributed by atoms with E-state index in [1.165, 1.54) is 17.7 Å². The molecule has 3 N–H and O–H groups in total. The second-order valence-corrected chi connectivity index (χ2v) is 8.01. The van der Waals surface area contributed by atoms with Crippen molar-refractivity contribution in [1.29, 1.82) is 0 Å². The zero-order chi connectivity index (χ0) is 19.1. The summed E-state index contributed by atoms with van der Waals surface area (Å²) in [6, 6.07) is 8.63. The molecule has 0 saturated heterocycles. The van der Waals surface area contributed by atoms with Crippen molar-refractivity contribution in [3.05, 3.63) is 42.0 Å². The Kier molecular flexibility index (Phi) is 9.08. The van der Waals surface area contributed by atoms with Gasteiger partial charge in [-0.1, -0.05) is 44.1 Å². The molecule has 0 bridgehead atoms. The minimum absolute atomic E-state index is 0. The Balaban J connectivity index is 0.00000280. The van der Waals surface area contributed by atoms with Crippen molar-refractivity contribution in [1.82, 2.24) is 10.6 Å². The molecule has 5 nitrogen and oxygen atoms in total. The van der Waals surface area contributed by atoms with Crippen LogP contribution < -0.4 is 15.5 Å². The van der Waals surface area contributed by atoms with Crippen LogP contribution in [0.4, 0.5) is 5.69 Å². The van der Waals surface area contributed by atoms with Gasteiger partial charge in [0.05, 0.1) is 12.6 Å². The second-order valence-electron chi connectivity index (χ2n) is 8.01. The van der Waals surface area contributed by atoms with Gasteiger partial charge in [-0.25, -0.2) is 4.99 Å². The third kappa shape index (κ3) is 6.11. The van der Waals surface area contributed by atoms with Crippen LogP contribution in [0, 0.1) is 5.41 Å². The first kappa shape index (κ1) is 23.0. The van der Waals surface area contributed by atoms with E-state index in [0.29, 0.717) is 6.54 Å². The van der Waals surface area contributed by atoms with Crippen molar-refractivity contribution in [2.45, 2.75) is 52.2 Å². The van der Waals surface area contributed by atoms with Gasteiger partial charge in [-0.05, 0) is 37.5 Å². The first-order chi connectivity index (χ1) is 13.1. The molecular weight excluding hydrogens is 463 g/mol. The number of halogens is 1. The van der Waals surface area contributed by atoms with Gasteiger partial charge < -0.3 is 20.6 Å². The fourth-order valence-corrected chi connectivity index (χ4v) is 3.93. The van der Waals surface area contributed by atoms with E-state index in [1.54, 1.807) is 0 Å². The molecule has 1 aromatic carbocycles. The lowest BCUT2D eigenvalue weighted by Crippen LogP contribution is -2.48. The zero-order valence-corrected chi connectivity index (χ0v) is 19.5. The number of hydrogen-bond acceptors (Lipinski definition) is 3. The maximum atomic E-state index is 10.4. The van der Waals surface area contributed by atoms with Crippen LogP contribution in [-0.4, -0.2) is 43.3 Å². The maximum absolute atomic E-state index is 10.4. The minimum atomic E-state index is -0.229. The molecule has 0 radical (unpaired) electrons. The molecule has 156 valence electrons. The van der Waals surface area contributed by atoms with E-state index in [4.69, 9.17) is 4.99 Å². The van der Waals surface area contributed by atoms with Crippen LogP contribution in [0.2, 0.25) is 0 Å². The summed E-state index contributed by atoms with van der Waals surface area (Å²) < 4.78 is 0. The Morgan fingerprint density at radius 1 is 1.25 bits per heavy atom. The summed E-state index contributed by atoms with van der Waals surface area (Å²) in [5.41, 5.74) is 2.39. The highest BCUT2D eigenvalue weighted by Crippen LogP contribution is 2.35. The summed E-state index contributed by atoms with van der Waals surface area (Å²) >= 11 is 0. The van der Waals surface area contributed by atoms with Gasteiger partial charge in [0.1, 0.15) is 0 Å². The van der Waals surface area contributed by atoms with Gasteiger partial charge >= 0.3 is 0 Å². The van der Waals surface area contributed by atoms with E-state index in [2.05, 4.69) is 65.8 Å². The number of benzene rings is 1.